The van der Waals surface area contributed by atoms with E-state index in [0.29, 0.717) is 13.0 Å². The Balaban J connectivity index is 1.61. The molecule has 0 aromatic heterocycles. The number of carbonyl (C=O) groups excluding carboxylic acids is 2. The number of rotatable bonds is 4. The summed E-state index contributed by atoms with van der Waals surface area (Å²) in [5.41, 5.74) is 3.86. The second kappa shape index (κ2) is 8.04. The van der Waals surface area contributed by atoms with Crippen LogP contribution in [0.3, 0.4) is 0 Å². The molecule has 0 bridgehead atoms. The van der Waals surface area contributed by atoms with E-state index in [4.69, 9.17) is 4.74 Å². The first-order valence-electron chi connectivity index (χ1n) is 8.90. The maximum atomic E-state index is 12.7. The summed E-state index contributed by atoms with van der Waals surface area (Å²) < 4.78 is 5.39. The Hall–Kier alpha value is -2.82. The van der Waals surface area contributed by atoms with Gasteiger partial charge in [-0.15, -0.1) is 0 Å². The second-order valence-corrected chi connectivity index (χ2v) is 6.70. The lowest BCUT2D eigenvalue weighted by Gasteiger charge is -2.23. The standard InChI is InChI=1S/C21H24N2O3/c1-15-10-11-18(16(2)13-15)22-20(24)19-9-6-12-23(19)21(25)26-14-17-7-4-3-5-8-17/h3-5,7-8,10-11,13,19H,6,9,12,14H2,1-2H3,(H,22,24)/t19-/m0/s1. The van der Waals surface area contributed by atoms with E-state index < -0.39 is 12.1 Å². The summed E-state index contributed by atoms with van der Waals surface area (Å²) in [7, 11) is 0. The van der Waals surface area contributed by atoms with Gasteiger partial charge in [0.1, 0.15) is 12.6 Å². The topological polar surface area (TPSA) is 58.6 Å². The van der Waals surface area contributed by atoms with E-state index in [1.807, 2.05) is 62.4 Å². The Morgan fingerprint density at radius 1 is 1.15 bits per heavy atom. The van der Waals surface area contributed by atoms with Crippen molar-refractivity contribution in [3.63, 3.8) is 0 Å². The van der Waals surface area contributed by atoms with Gasteiger partial charge in [0.05, 0.1) is 0 Å². The minimum Gasteiger partial charge on any atom is -0.445 e. The van der Waals surface area contributed by atoms with Gasteiger partial charge in [-0.25, -0.2) is 4.79 Å². The van der Waals surface area contributed by atoms with Crippen molar-refractivity contribution in [3.8, 4) is 0 Å². The summed E-state index contributed by atoms with van der Waals surface area (Å²) in [6.07, 6.45) is 1.01. The number of ether oxygens (including phenoxy) is 1. The second-order valence-electron chi connectivity index (χ2n) is 6.70. The van der Waals surface area contributed by atoms with Crippen molar-refractivity contribution in [2.24, 2.45) is 0 Å². The van der Waals surface area contributed by atoms with Crippen LogP contribution in [0.15, 0.2) is 48.5 Å². The lowest BCUT2D eigenvalue weighted by atomic mass is 10.1. The van der Waals surface area contributed by atoms with E-state index in [1.54, 1.807) is 0 Å². The smallest absolute Gasteiger partial charge is 0.410 e. The number of nitrogens with one attached hydrogen (secondary N) is 1. The minimum absolute atomic E-state index is 0.161. The minimum atomic E-state index is -0.487. The summed E-state index contributed by atoms with van der Waals surface area (Å²) in [6.45, 7) is 4.73. The van der Waals surface area contributed by atoms with Crippen LogP contribution in [0.25, 0.3) is 0 Å². The number of hydrogen-bond acceptors (Lipinski definition) is 3. The summed E-state index contributed by atoms with van der Waals surface area (Å²) in [5, 5.41) is 2.95. The van der Waals surface area contributed by atoms with Gasteiger partial charge in [0, 0.05) is 12.2 Å². The summed E-state index contributed by atoms with van der Waals surface area (Å²) in [5.74, 6) is -0.161. The fourth-order valence-electron chi connectivity index (χ4n) is 3.23. The molecule has 2 aromatic rings. The molecule has 136 valence electrons. The zero-order valence-corrected chi connectivity index (χ0v) is 15.2. The molecule has 1 fully saturated rings. The average Bonchev–Trinajstić information content (AvgIpc) is 3.13. The molecule has 5 heteroatoms. The van der Waals surface area contributed by atoms with Gasteiger partial charge in [0.15, 0.2) is 0 Å². The first-order chi connectivity index (χ1) is 12.5. The van der Waals surface area contributed by atoms with Crippen molar-refractivity contribution in [3.05, 3.63) is 65.2 Å². The summed E-state index contributed by atoms with van der Waals surface area (Å²) >= 11 is 0. The lowest BCUT2D eigenvalue weighted by molar-refractivity contribution is -0.120. The van der Waals surface area contributed by atoms with Crippen molar-refractivity contribution in [2.75, 3.05) is 11.9 Å². The van der Waals surface area contributed by atoms with Crippen molar-refractivity contribution in [1.29, 1.82) is 0 Å². The van der Waals surface area contributed by atoms with E-state index in [-0.39, 0.29) is 12.5 Å². The van der Waals surface area contributed by atoms with Crippen LogP contribution < -0.4 is 5.32 Å². The first-order valence-corrected chi connectivity index (χ1v) is 8.90. The third-order valence-corrected chi connectivity index (χ3v) is 4.63. The molecule has 2 amide bonds. The zero-order valence-electron chi connectivity index (χ0n) is 15.2. The number of carbonyl (C=O) groups is 2. The number of anilines is 1. The molecule has 0 radical (unpaired) electrons. The molecule has 1 atom stereocenters. The zero-order chi connectivity index (χ0) is 18.5. The Kier molecular flexibility index (Phi) is 5.56. The molecular formula is C21H24N2O3. The Labute approximate surface area is 154 Å². The molecule has 1 heterocycles. The van der Waals surface area contributed by atoms with E-state index in [9.17, 15) is 9.59 Å². The number of nitrogens with zero attached hydrogens (tertiary/aromatic N) is 1. The van der Waals surface area contributed by atoms with Gasteiger partial charge in [-0.2, -0.15) is 0 Å². The predicted molar refractivity (Wildman–Crippen MR) is 101 cm³/mol. The number of aryl methyl sites for hydroxylation is 2. The van der Waals surface area contributed by atoms with Crippen molar-refractivity contribution >= 4 is 17.7 Å². The maximum absolute atomic E-state index is 12.7. The molecule has 2 aromatic carbocycles. The summed E-state index contributed by atoms with van der Waals surface area (Å²) in [4.78, 5) is 26.6. The van der Waals surface area contributed by atoms with Gasteiger partial charge in [-0.1, -0.05) is 48.0 Å². The molecule has 1 aliphatic heterocycles. The normalized spacial score (nSPS) is 16.4. The lowest BCUT2D eigenvalue weighted by Crippen LogP contribution is -2.43. The first kappa shape index (κ1) is 18.0. The highest BCUT2D eigenvalue weighted by molar-refractivity contribution is 5.97. The Morgan fingerprint density at radius 3 is 2.65 bits per heavy atom. The Bertz CT molecular complexity index is 789. The highest BCUT2D eigenvalue weighted by Crippen LogP contribution is 2.22. The van der Waals surface area contributed by atoms with Gasteiger partial charge in [0.25, 0.3) is 0 Å². The number of hydrogen-bond donors (Lipinski definition) is 1. The molecule has 3 rings (SSSR count). The molecule has 0 spiro atoms. The highest BCUT2D eigenvalue weighted by Gasteiger charge is 2.35. The van der Waals surface area contributed by atoms with E-state index >= 15 is 0 Å². The van der Waals surface area contributed by atoms with Crippen molar-refractivity contribution in [1.82, 2.24) is 4.90 Å². The van der Waals surface area contributed by atoms with E-state index in [1.165, 1.54) is 4.90 Å². The average molecular weight is 352 g/mol. The molecule has 1 saturated heterocycles. The van der Waals surface area contributed by atoms with Crippen LogP contribution in [0.4, 0.5) is 10.5 Å². The third-order valence-electron chi connectivity index (χ3n) is 4.63. The number of benzene rings is 2. The van der Waals surface area contributed by atoms with Crippen LogP contribution in [0.1, 0.15) is 29.5 Å². The molecule has 0 aliphatic carbocycles. The van der Waals surface area contributed by atoms with Crippen LogP contribution in [-0.4, -0.2) is 29.5 Å². The van der Waals surface area contributed by atoms with Crippen LogP contribution in [0, 0.1) is 13.8 Å². The largest absolute Gasteiger partial charge is 0.445 e. The quantitative estimate of drug-likeness (QED) is 0.903. The van der Waals surface area contributed by atoms with Crippen LogP contribution in [0.2, 0.25) is 0 Å². The third kappa shape index (κ3) is 4.23. The van der Waals surface area contributed by atoms with Crippen LogP contribution in [-0.2, 0) is 16.1 Å². The molecule has 0 saturated carbocycles. The fourth-order valence-corrected chi connectivity index (χ4v) is 3.23. The fraction of sp³-hybridized carbons (Fsp3) is 0.333. The SMILES string of the molecule is Cc1ccc(NC(=O)[C@@H]2CCCN2C(=O)OCc2ccccc2)c(C)c1. The maximum Gasteiger partial charge on any atom is 0.410 e. The van der Waals surface area contributed by atoms with Gasteiger partial charge < -0.3 is 10.1 Å². The van der Waals surface area contributed by atoms with Crippen LogP contribution >= 0.6 is 0 Å². The van der Waals surface area contributed by atoms with E-state index in [0.717, 1.165) is 28.8 Å². The van der Waals surface area contributed by atoms with Gasteiger partial charge >= 0.3 is 6.09 Å². The van der Waals surface area contributed by atoms with Crippen molar-refractivity contribution < 1.29 is 14.3 Å². The van der Waals surface area contributed by atoms with Gasteiger partial charge in [-0.05, 0) is 43.9 Å². The van der Waals surface area contributed by atoms with Crippen molar-refractivity contribution in [2.45, 2.75) is 39.3 Å². The van der Waals surface area contributed by atoms with Gasteiger partial charge in [-0.3, -0.25) is 9.69 Å². The molecule has 5 nitrogen and oxygen atoms in total. The van der Waals surface area contributed by atoms with Gasteiger partial charge in [0.2, 0.25) is 5.91 Å². The van der Waals surface area contributed by atoms with Crippen LogP contribution in [0.5, 0.6) is 0 Å². The molecular weight excluding hydrogens is 328 g/mol. The molecule has 1 aliphatic rings. The monoisotopic (exact) mass is 352 g/mol. The number of likely N-dealkylation sites (tertiary alicyclic amines) is 1. The molecule has 1 N–H and O–H groups in total. The van der Waals surface area contributed by atoms with E-state index in [2.05, 4.69) is 5.32 Å². The predicted octanol–water partition coefficient (Wildman–Crippen LogP) is 4.04. The molecule has 0 unspecified atom stereocenters. The highest BCUT2D eigenvalue weighted by atomic mass is 16.6. The summed E-state index contributed by atoms with van der Waals surface area (Å²) in [6, 6.07) is 14.9. The number of amides is 2. The Morgan fingerprint density at radius 2 is 1.92 bits per heavy atom. The molecule has 26 heavy (non-hydrogen) atoms.